The summed E-state index contributed by atoms with van der Waals surface area (Å²) >= 11 is 0. The minimum Gasteiger partial charge on any atom is -0.507 e. The van der Waals surface area contributed by atoms with Crippen molar-refractivity contribution in [1.82, 2.24) is 0 Å². The van der Waals surface area contributed by atoms with E-state index in [4.69, 9.17) is 9.47 Å². The van der Waals surface area contributed by atoms with Crippen LogP contribution in [0.3, 0.4) is 0 Å². The molecule has 6 rings (SSSR count). The molecule has 1 saturated heterocycles. The molecule has 2 N–H and O–H groups in total. The van der Waals surface area contributed by atoms with Gasteiger partial charge in [0.25, 0.3) is 0 Å². The third-order valence-electron chi connectivity index (χ3n) is 10.0. The number of phenols is 2. The largest absolute Gasteiger partial charge is 0.507 e. The van der Waals surface area contributed by atoms with Gasteiger partial charge in [-0.15, -0.1) is 0 Å². The molecule has 4 bridgehead atoms. The number of Topliss-reactive ketones (excluding diaryl/α,β-unsaturated/α-hetero) is 2. The van der Waals surface area contributed by atoms with Crippen molar-refractivity contribution in [3.8, 4) is 17.2 Å². The smallest absolute Gasteiger partial charge is 0.200 e. The third-order valence-corrected chi connectivity index (χ3v) is 10.0. The Morgan fingerprint density at radius 3 is 2.24 bits per heavy atom. The first-order valence-electron chi connectivity index (χ1n) is 16.0. The lowest BCUT2D eigenvalue weighted by molar-refractivity contribution is -0.171. The average molecular weight is 615 g/mol. The van der Waals surface area contributed by atoms with Crippen molar-refractivity contribution in [3.63, 3.8) is 0 Å². The summed E-state index contributed by atoms with van der Waals surface area (Å²) in [5, 5.41) is 23.4. The molecule has 0 amide bonds. The fourth-order valence-corrected chi connectivity index (χ4v) is 7.77. The zero-order chi connectivity index (χ0) is 33.1. The number of phenolic OH excluding ortho intramolecular Hbond substituents is 2. The normalized spacial score (nSPS) is 27.8. The van der Waals surface area contributed by atoms with Crippen LogP contribution in [0, 0.1) is 11.8 Å². The van der Waals surface area contributed by atoms with Gasteiger partial charge < -0.3 is 19.7 Å². The Labute approximate surface area is 266 Å². The zero-order valence-electron chi connectivity index (χ0n) is 27.8. The number of hydrogen-bond acceptors (Lipinski definition) is 7. The van der Waals surface area contributed by atoms with E-state index >= 15 is 0 Å². The van der Waals surface area contributed by atoms with Crippen molar-refractivity contribution in [2.45, 2.75) is 111 Å². The summed E-state index contributed by atoms with van der Waals surface area (Å²) in [6.07, 6.45) is 12.9. The first kappa shape index (κ1) is 32.7. The number of aromatic hydroxyl groups is 2. The van der Waals surface area contributed by atoms with Gasteiger partial charge in [0.05, 0.1) is 5.60 Å². The summed E-state index contributed by atoms with van der Waals surface area (Å²) in [5.74, 6) is -1.83. The van der Waals surface area contributed by atoms with E-state index in [1.165, 1.54) is 5.57 Å². The summed E-state index contributed by atoms with van der Waals surface area (Å²) in [6.45, 7) is 15.5. The van der Waals surface area contributed by atoms with Crippen LogP contribution in [0.4, 0.5) is 0 Å². The Kier molecular flexibility index (Phi) is 8.41. The Morgan fingerprint density at radius 2 is 1.60 bits per heavy atom. The molecule has 0 radical (unpaired) electrons. The van der Waals surface area contributed by atoms with Crippen LogP contribution in [0.15, 0.2) is 58.2 Å². The highest BCUT2D eigenvalue weighted by molar-refractivity contribution is 6.18. The molecule has 1 spiro atoms. The monoisotopic (exact) mass is 614 g/mol. The van der Waals surface area contributed by atoms with Gasteiger partial charge in [0.1, 0.15) is 29.1 Å². The molecule has 7 nitrogen and oxygen atoms in total. The lowest BCUT2D eigenvalue weighted by Crippen LogP contribution is -2.72. The summed E-state index contributed by atoms with van der Waals surface area (Å²) in [6, 6.07) is 0. The van der Waals surface area contributed by atoms with E-state index in [-0.39, 0.29) is 59.3 Å². The highest BCUT2D eigenvalue weighted by Crippen LogP contribution is 2.68. The van der Waals surface area contributed by atoms with E-state index < -0.39 is 28.5 Å². The van der Waals surface area contributed by atoms with E-state index in [2.05, 4.69) is 19.9 Å². The van der Waals surface area contributed by atoms with E-state index in [1.807, 2.05) is 46.8 Å². The minimum absolute atomic E-state index is 0.0133. The fourth-order valence-electron chi connectivity index (χ4n) is 7.77. The number of fused-ring (bicyclic) bond motifs is 1. The fraction of sp³-hybridized carbons (Fsp3) is 0.500. The van der Waals surface area contributed by atoms with Gasteiger partial charge in [-0.05, 0) is 93.1 Å². The van der Waals surface area contributed by atoms with Crippen LogP contribution >= 0.6 is 0 Å². The SMILES string of the molecule is CC(C)=CCC/C(C)=C/Cc1c(O)c(CC=C(C)C)c2c(c1O)C(=O)C1=C[C@@H]3CC4C(C)(C)O[C@@](C/C=C(\C)C=O)(C3=O)[C@@]14O2. The Hall–Kier alpha value is -3.71. The second-order valence-electron chi connectivity index (χ2n) is 14.2. The molecule has 45 heavy (non-hydrogen) atoms. The lowest BCUT2D eigenvalue weighted by Gasteiger charge is -2.56. The van der Waals surface area contributed by atoms with E-state index in [0.717, 1.165) is 30.3 Å². The van der Waals surface area contributed by atoms with Crippen molar-refractivity contribution >= 4 is 17.9 Å². The number of allylic oxidation sites excluding steroid dienone is 8. The predicted octanol–water partition coefficient (Wildman–Crippen LogP) is 7.38. The maximum Gasteiger partial charge on any atom is 0.200 e. The van der Waals surface area contributed by atoms with Gasteiger partial charge >= 0.3 is 0 Å². The topological polar surface area (TPSA) is 110 Å². The molecule has 0 aromatic heterocycles. The van der Waals surface area contributed by atoms with Gasteiger partial charge in [0, 0.05) is 35.0 Å². The summed E-state index contributed by atoms with van der Waals surface area (Å²) in [5.41, 5.74) is 0.953. The Balaban J connectivity index is 1.71. The highest BCUT2D eigenvalue weighted by Gasteiger charge is 2.81. The summed E-state index contributed by atoms with van der Waals surface area (Å²) in [4.78, 5) is 40.4. The van der Waals surface area contributed by atoms with Crippen molar-refractivity contribution in [2.75, 3.05) is 0 Å². The van der Waals surface area contributed by atoms with Crippen LogP contribution in [0.5, 0.6) is 17.2 Å². The van der Waals surface area contributed by atoms with E-state index in [1.54, 1.807) is 19.1 Å². The van der Waals surface area contributed by atoms with E-state index in [0.29, 0.717) is 23.1 Å². The molecule has 4 atom stereocenters. The molecule has 1 aromatic carbocycles. The number of aldehydes is 1. The Morgan fingerprint density at radius 1 is 0.933 bits per heavy atom. The van der Waals surface area contributed by atoms with Crippen LogP contribution in [0.2, 0.25) is 0 Å². The van der Waals surface area contributed by atoms with Gasteiger partial charge in [-0.3, -0.25) is 14.4 Å². The molecule has 2 fully saturated rings. The van der Waals surface area contributed by atoms with Crippen LogP contribution < -0.4 is 4.74 Å². The van der Waals surface area contributed by atoms with Gasteiger partial charge in [-0.2, -0.15) is 0 Å². The second kappa shape index (κ2) is 11.6. The summed E-state index contributed by atoms with van der Waals surface area (Å²) in [7, 11) is 0. The molecule has 1 saturated carbocycles. The molecule has 2 heterocycles. The van der Waals surface area contributed by atoms with Gasteiger partial charge in [0.15, 0.2) is 22.8 Å². The maximum absolute atomic E-state index is 14.7. The average Bonchev–Trinajstić information content (AvgIpc) is 3.12. The van der Waals surface area contributed by atoms with Gasteiger partial charge in [0.2, 0.25) is 0 Å². The molecule has 1 aromatic rings. The van der Waals surface area contributed by atoms with Crippen molar-refractivity contribution in [2.24, 2.45) is 11.8 Å². The number of ketones is 2. The van der Waals surface area contributed by atoms with Crippen molar-refractivity contribution in [3.05, 3.63) is 74.9 Å². The van der Waals surface area contributed by atoms with Crippen LogP contribution in [0.1, 0.15) is 103 Å². The molecule has 5 aliphatic rings. The molecule has 3 aliphatic carbocycles. The molecular weight excluding hydrogens is 568 g/mol. The predicted molar refractivity (Wildman–Crippen MR) is 174 cm³/mol. The van der Waals surface area contributed by atoms with Gasteiger partial charge in [-0.1, -0.05) is 47.1 Å². The maximum atomic E-state index is 14.7. The molecule has 1 unspecified atom stereocenters. The second-order valence-corrected chi connectivity index (χ2v) is 14.2. The first-order chi connectivity index (χ1) is 21.1. The number of benzene rings is 1. The minimum atomic E-state index is -1.55. The first-order valence-corrected chi connectivity index (χ1v) is 16.0. The zero-order valence-corrected chi connectivity index (χ0v) is 27.8. The lowest BCUT2D eigenvalue weighted by atomic mass is 9.51. The number of carbonyl (C=O) groups excluding carboxylic acids is 3. The van der Waals surface area contributed by atoms with Crippen LogP contribution in [-0.2, 0) is 27.2 Å². The van der Waals surface area contributed by atoms with Crippen molar-refractivity contribution < 1.29 is 34.1 Å². The standard InChI is InChI=1S/C38H46O7/c1-21(2)10-9-11-23(5)13-15-26-31(40)27(14-12-22(3)4)34-30(32(26)41)33(42)28-18-25-19-29-36(7,8)45-37(35(25)43,38(28,29)44-34)17-16-24(6)20-39/h10,12-13,16,18,20,25,29,40-41H,9,11,14-15,17,19H2,1-8H3/b23-13+,24-16+/t25-,29?,37+,38-/m1/s1. The van der Waals surface area contributed by atoms with Crippen LogP contribution in [-0.4, -0.2) is 44.9 Å². The number of ether oxygens (including phenoxy) is 2. The number of hydrogen-bond donors (Lipinski definition) is 2. The highest BCUT2D eigenvalue weighted by atomic mass is 16.6. The molecule has 2 aliphatic heterocycles. The Bertz CT molecular complexity index is 1620. The number of rotatable bonds is 10. The number of carbonyl (C=O) groups is 3. The molecular formula is C38H46O7. The third kappa shape index (κ3) is 5.04. The van der Waals surface area contributed by atoms with E-state index in [9.17, 15) is 24.6 Å². The molecule has 7 heteroatoms. The molecule has 240 valence electrons. The summed E-state index contributed by atoms with van der Waals surface area (Å²) < 4.78 is 13.7. The van der Waals surface area contributed by atoms with Crippen molar-refractivity contribution in [1.29, 1.82) is 0 Å². The quantitative estimate of drug-likeness (QED) is 0.161. The van der Waals surface area contributed by atoms with Crippen LogP contribution in [0.25, 0.3) is 0 Å². The van der Waals surface area contributed by atoms with Gasteiger partial charge in [-0.25, -0.2) is 0 Å².